The molecule has 21 heavy (non-hydrogen) atoms. The summed E-state index contributed by atoms with van der Waals surface area (Å²) >= 11 is 0. The van der Waals surface area contributed by atoms with Crippen molar-refractivity contribution in [2.24, 2.45) is 5.73 Å². The molecule has 1 amide bonds. The normalized spacial score (nSPS) is 10.2. The Morgan fingerprint density at radius 1 is 1.14 bits per heavy atom. The number of carbonyl (C=O) groups is 1. The number of amides is 1. The van der Waals surface area contributed by atoms with Gasteiger partial charge in [0.05, 0.1) is 0 Å². The van der Waals surface area contributed by atoms with Crippen molar-refractivity contribution in [3.63, 3.8) is 0 Å². The number of benzene rings is 2. The Hall–Kier alpha value is -2.49. The van der Waals surface area contributed by atoms with E-state index >= 15 is 0 Å². The molecule has 0 heterocycles. The zero-order chi connectivity index (χ0) is 15.4. The van der Waals surface area contributed by atoms with E-state index in [1.165, 1.54) is 0 Å². The van der Waals surface area contributed by atoms with E-state index in [9.17, 15) is 4.79 Å². The van der Waals surface area contributed by atoms with Crippen molar-refractivity contribution < 1.29 is 9.53 Å². The molecular weight excluding hydrogens is 264 g/mol. The minimum absolute atomic E-state index is 0.125. The summed E-state index contributed by atoms with van der Waals surface area (Å²) in [6.07, 6.45) is 0. The van der Waals surface area contributed by atoms with Crippen LogP contribution in [0.4, 0.5) is 5.69 Å². The van der Waals surface area contributed by atoms with Crippen LogP contribution in [0.5, 0.6) is 5.75 Å². The second kappa shape index (κ2) is 6.31. The smallest absolute Gasteiger partial charge is 0.255 e. The average Bonchev–Trinajstić information content (AvgIpc) is 2.45. The zero-order valence-corrected chi connectivity index (χ0v) is 12.6. The van der Waals surface area contributed by atoms with Gasteiger partial charge in [0, 0.05) is 30.9 Å². The average molecular weight is 284 g/mol. The van der Waals surface area contributed by atoms with E-state index in [0.29, 0.717) is 5.75 Å². The molecule has 0 atom stereocenters. The van der Waals surface area contributed by atoms with Crippen LogP contribution in [-0.2, 0) is 4.79 Å². The first-order valence-corrected chi connectivity index (χ1v) is 6.77. The SMILES string of the molecule is Cc1ccc(OCC(N)=O)c(-c2ccccc2N(C)C)c1. The van der Waals surface area contributed by atoms with E-state index in [0.717, 1.165) is 22.4 Å². The molecule has 2 aromatic carbocycles. The molecule has 4 nitrogen and oxygen atoms in total. The molecule has 0 spiro atoms. The molecule has 0 unspecified atom stereocenters. The predicted molar refractivity (Wildman–Crippen MR) is 85.6 cm³/mol. The summed E-state index contributed by atoms with van der Waals surface area (Å²) < 4.78 is 5.55. The van der Waals surface area contributed by atoms with Crippen LogP contribution in [0.15, 0.2) is 42.5 Å². The molecule has 0 aliphatic heterocycles. The standard InChI is InChI=1S/C17H20N2O2/c1-12-8-9-16(21-11-17(18)20)14(10-12)13-6-4-5-7-15(13)19(2)3/h4-10H,11H2,1-3H3,(H2,18,20). The second-order valence-corrected chi connectivity index (χ2v) is 5.17. The minimum Gasteiger partial charge on any atom is -0.483 e. The quantitative estimate of drug-likeness (QED) is 0.918. The molecule has 2 aromatic rings. The monoisotopic (exact) mass is 284 g/mol. The Morgan fingerprint density at radius 3 is 2.52 bits per heavy atom. The first kappa shape index (κ1) is 14.9. The lowest BCUT2D eigenvalue weighted by atomic mass is 10.00. The lowest BCUT2D eigenvalue weighted by molar-refractivity contribution is -0.119. The van der Waals surface area contributed by atoms with Gasteiger partial charge in [-0.05, 0) is 25.1 Å². The van der Waals surface area contributed by atoms with Crippen LogP contribution in [0.2, 0.25) is 0 Å². The first-order chi connectivity index (χ1) is 9.99. The van der Waals surface area contributed by atoms with Crippen molar-refractivity contribution >= 4 is 11.6 Å². The van der Waals surface area contributed by atoms with Crippen LogP contribution in [0, 0.1) is 6.92 Å². The van der Waals surface area contributed by atoms with E-state index in [4.69, 9.17) is 10.5 Å². The highest BCUT2D eigenvalue weighted by atomic mass is 16.5. The summed E-state index contributed by atoms with van der Waals surface area (Å²) in [6, 6.07) is 14.0. The molecule has 0 saturated carbocycles. The van der Waals surface area contributed by atoms with Crippen LogP contribution in [0.25, 0.3) is 11.1 Å². The highest BCUT2D eigenvalue weighted by Gasteiger charge is 2.12. The Morgan fingerprint density at radius 2 is 1.86 bits per heavy atom. The number of primary amides is 1. The highest BCUT2D eigenvalue weighted by molar-refractivity contribution is 5.83. The molecule has 0 fully saturated rings. The van der Waals surface area contributed by atoms with Crippen LogP contribution < -0.4 is 15.4 Å². The lowest BCUT2D eigenvalue weighted by Gasteiger charge is -2.19. The fourth-order valence-electron chi connectivity index (χ4n) is 2.22. The molecule has 2 rings (SSSR count). The molecule has 2 N–H and O–H groups in total. The topological polar surface area (TPSA) is 55.6 Å². The summed E-state index contributed by atoms with van der Waals surface area (Å²) in [5.74, 6) is 0.177. The summed E-state index contributed by atoms with van der Waals surface area (Å²) in [7, 11) is 4.00. The van der Waals surface area contributed by atoms with Gasteiger partial charge in [-0.3, -0.25) is 4.79 Å². The zero-order valence-electron chi connectivity index (χ0n) is 12.6. The van der Waals surface area contributed by atoms with Crippen molar-refractivity contribution in [2.45, 2.75) is 6.92 Å². The van der Waals surface area contributed by atoms with Gasteiger partial charge < -0.3 is 15.4 Å². The molecule has 0 aliphatic rings. The summed E-state index contributed by atoms with van der Waals surface area (Å²) in [6.45, 7) is 1.90. The number of para-hydroxylation sites is 1. The van der Waals surface area contributed by atoms with Crippen molar-refractivity contribution in [1.82, 2.24) is 0 Å². The van der Waals surface area contributed by atoms with Gasteiger partial charge in [-0.1, -0.05) is 29.8 Å². The molecule has 0 aromatic heterocycles. The van der Waals surface area contributed by atoms with Gasteiger partial charge in [0.25, 0.3) is 5.91 Å². The number of carbonyl (C=O) groups excluding carboxylic acids is 1. The largest absolute Gasteiger partial charge is 0.483 e. The van der Waals surface area contributed by atoms with E-state index in [1.54, 1.807) is 0 Å². The fourth-order valence-corrected chi connectivity index (χ4v) is 2.22. The van der Waals surface area contributed by atoms with Gasteiger partial charge in [0.2, 0.25) is 0 Å². The molecule has 0 saturated heterocycles. The third-order valence-electron chi connectivity index (χ3n) is 3.18. The van der Waals surface area contributed by atoms with Crippen molar-refractivity contribution in [3.8, 4) is 16.9 Å². The van der Waals surface area contributed by atoms with Gasteiger partial charge in [-0.25, -0.2) is 0 Å². The Kier molecular flexibility index (Phi) is 4.48. The van der Waals surface area contributed by atoms with Crippen molar-refractivity contribution in [3.05, 3.63) is 48.0 Å². The van der Waals surface area contributed by atoms with E-state index in [1.807, 2.05) is 51.4 Å². The maximum absolute atomic E-state index is 11.0. The fraction of sp³-hybridized carbons (Fsp3) is 0.235. The number of hydrogen-bond donors (Lipinski definition) is 1. The minimum atomic E-state index is -0.484. The van der Waals surface area contributed by atoms with Gasteiger partial charge >= 0.3 is 0 Å². The lowest BCUT2D eigenvalue weighted by Crippen LogP contribution is -2.20. The maximum atomic E-state index is 11.0. The summed E-state index contributed by atoms with van der Waals surface area (Å²) in [5, 5.41) is 0. The Balaban J connectivity index is 2.52. The van der Waals surface area contributed by atoms with E-state index in [-0.39, 0.29) is 6.61 Å². The molecule has 0 bridgehead atoms. The second-order valence-electron chi connectivity index (χ2n) is 5.17. The van der Waals surface area contributed by atoms with Gasteiger partial charge in [-0.15, -0.1) is 0 Å². The first-order valence-electron chi connectivity index (χ1n) is 6.77. The molecule has 0 aliphatic carbocycles. The number of hydrogen-bond acceptors (Lipinski definition) is 3. The van der Waals surface area contributed by atoms with Gasteiger partial charge in [-0.2, -0.15) is 0 Å². The van der Waals surface area contributed by atoms with Crippen molar-refractivity contribution in [1.29, 1.82) is 0 Å². The summed E-state index contributed by atoms with van der Waals surface area (Å²) in [5.41, 5.74) is 9.40. The van der Waals surface area contributed by atoms with Crippen LogP contribution in [0.3, 0.4) is 0 Å². The molecule has 0 radical (unpaired) electrons. The highest BCUT2D eigenvalue weighted by Crippen LogP contribution is 2.36. The number of rotatable bonds is 5. The van der Waals surface area contributed by atoms with E-state index < -0.39 is 5.91 Å². The number of nitrogens with zero attached hydrogens (tertiary/aromatic N) is 1. The van der Waals surface area contributed by atoms with E-state index in [2.05, 4.69) is 17.0 Å². The third-order valence-corrected chi connectivity index (χ3v) is 3.18. The molecule has 4 heteroatoms. The predicted octanol–water partition coefficient (Wildman–Crippen LogP) is 2.59. The molecule has 110 valence electrons. The maximum Gasteiger partial charge on any atom is 0.255 e. The van der Waals surface area contributed by atoms with Crippen LogP contribution >= 0.6 is 0 Å². The Bertz CT molecular complexity index is 651. The third kappa shape index (κ3) is 3.54. The van der Waals surface area contributed by atoms with Crippen LogP contribution in [0.1, 0.15) is 5.56 Å². The number of nitrogens with two attached hydrogens (primary N) is 1. The number of aryl methyl sites for hydroxylation is 1. The van der Waals surface area contributed by atoms with Gasteiger partial charge in [0.15, 0.2) is 6.61 Å². The van der Waals surface area contributed by atoms with Crippen LogP contribution in [-0.4, -0.2) is 26.6 Å². The number of anilines is 1. The number of ether oxygens (including phenoxy) is 1. The summed E-state index contributed by atoms with van der Waals surface area (Å²) in [4.78, 5) is 13.0. The Labute approximate surface area is 125 Å². The molecular formula is C17H20N2O2. The van der Waals surface area contributed by atoms with Gasteiger partial charge in [0.1, 0.15) is 5.75 Å². The van der Waals surface area contributed by atoms with Crippen molar-refractivity contribution in [2.75, 3.05) is 25.6 Å².